The first-order valence-electron chi connectivity index (χ1n) is 8.02. The monoisotopic (exact) mass is 340 g/mol. The molecule has 3 rings (SSSR count). The lowest BCUT2D eigenvalue weighted by Crippen LogP contribution is -2.33. The van der Waals surface area contributed by atoms with Gasteiger partial charge in [-0.15, -0.1) is 0 Å². The average Bonchev–Trinajstić information content (AvgIpc) is 2.92. The van der Waals surface area contributed by atoms with E-state index >= 15 is 0 Å². The summed E-state index contributed by atoms with van der Waals surface area (Å²) in [4.78, 5) is 28.2. The number of carbonyl (C=O) groups excluding carboxylic acids is 1. The molecule has 0 aliphatic rings. The third kappa shape index (κ3) is 3.13. The Morgan fingerprint density at radius 1 is 1.32 bits per heavy atom. The summed E-state index contributed by atoms with van der Waals surface area (Å²) in [5.41, 5.74) is 0.976. The van der Waals surface area contributed by atoms with Crippen molar-refractivity contribution in [3.05, 3.63) is 58.1 Å². The van der Waals surface area contributed by atoms with Gasteiger partial charge < -0.3 is 10.4 Å². The average molecular weight is 340 g/mol. The van der Waals surface area contributed by atoms with Crippen LogP contribution in [0.1, 0.15) is 35.9 Å². The van der Waals surface area contributed by atoms with E-state index in [9.17, 15) is 14.7 Å². The van der Waals surface area contributed by atoms with Gasteiger partial charge in [0.15, 0.2) is 0 Å². The maximum atomic E-state index is 12.6. The zero-order chi connectivity index (χ0) is 18.1. The molecule has 0 aliphatic heterocycles. The predicted molar refractivity (Wildman–Crippen MR) is 94.5 cm³/mol. The fourth-order valence-electron chi connectivity index (χ4n) is 2.91. The van der Waals surface area contributed by atoms with Gasteiger partial charge in [-0.25, -0.2) is 0 Å². The Hall–Kier alpha value is -3.09. The minimum atomic E-state index is -0.427. The Morgan fingerprint density at radius 2 is 2.08 bits per heavy atom. The predicted octanol–water partition coefficient (Wildman–Crippen LogP) is 2.09. The van der Waals surface area contributed by atoms with Crippen molar-refractivity contribution < 1.29 is 9.90 Å². The topological polar surface area (TPSA) is 100 Å². The second-order valence-electron chi connectivity index (χ2n) is 6.34. The number of aromatic amines is 1. The number of hydrogen-bond acceptors (Lipinski definition) is 4. The number of phenolic OH excluding ortho intramolecular Hbond substituents is 1. The molecule has 7 heteroatoms. The van der Waals surface area contributed by atoms with Gasteiger partial charge in [-0.2, -0.15) is 0 Å². The van der Waals surface area contributed by atoms with Crippen LogP contribution in [0, 0.1) is 5.92 Å². The van der Waals surface area contributed by atoms with Crippen LogP contribution < -0.4 is 10.9 Å². The van der Waals surface area contributed by atoms with E-state index in [1.807, 2.05) is 26.0 Å². The first-order valence-corrected chi connectivity index (χ1v) is 8.02. The lowest BCUT2D eigenvalue weighted by molar-refractivity contribution is 0.0915. The van der Waals surface area contributed by atoms with Crippen LogP contribution in [0.4, 0.5) is 0 Å². The van der Waals surface area contributed by atoms with Crippen LogP contribution in [0.5, 0.6) is 5.75 Å². The van der Waals surface area contributed by atoms with Crippen LogP contribution in [-0.2, 0) is 7.05 Å². The molecule has 7 nitrogen and oxygen atoms in total. The minimum Gasteiger partial charge on any atom is -0.505 e. The second-order valence-corrected chi connectivity index (χ2v) is 6.34. The number of benzene rings is 1. The van der Waals surface area contributed by atoms with Gasteiger partial charge in [-0.1, -0.05) is 32.0 Å². The summed E-state index contributed by atoms with van der Waals surface area (Å²) in [5, 5.41) is 16.9. The number of H-pyrrole nitrogens is 1. The molecular formula is C18H20N4O3. The summed E-state index contributed by atoms with van der Waals surface area (Å²) in [7, 11) is 1.60. The van der Waals surface area contributed by atoms with Crippen molar-refractivity contribution in [2.45, 2.75) is 19.9 Å². The molecule has 1 unspecified atom stereocenters. The van der Waals surface area contributed by atoms with Gasteiger partial charge in [0.1, 0.15) is 17.0 Å². The van der Waals surface area contributed by atoms with Gasteiger partial charge in [0, 0.05) is 30.3 Å². The molecule has 0 saturated heterocycles. The molecule has 0 fully saturated rings. The number of aryl methyl sites for hydroxylation is 1. The zero-order valence-corrected chi connectivity index (χ0v) is 14.3. The van der Waals surface area contributed by atoms with E-state index < -0.39 is 6.04 Å². The van der Waals surface area contributed by atoms with Crippen molar-refractivity contribution in [3.63, 3.8) is 0 Å². The van der Waals surface area contributed by atoms with Crippen LogP contribution in [0.15, 0.2) is 41.3 Å². The number of aromatic nitrogens is 3. The molecular weight excluding hydrogens is 320 g/mol. The van der Waals surface area contributed by atoms with Crippen LogP contribution in [0.25, 0.3) is 10.9 Å². The number of phenols is 1. The summed E-state index contributed by atoms with van der Waals surface area (Å²) in [6.07, 6.45) is 1.62. The molecule has 0 spiro atoms. The number of aromatic hydroxyl groups is 1. The molecule has 1 aromatic carbocycles. The lowest BCUT2D eigenvalue weighted by Gasteiger charge is -2.24. The van der Waals surface area contributed by atoms with Gasteiger partial charge in [0.05, 0.1) is 6.04 Å². The van der Waals surface area contributed by atoms with E-state index in [4.69, 9.17) is 0 Å². The van der Waals surface area contributed by atoms with E-state index in [0.717, 1.165) is 5.39 Å². The highest BCUT2D eigenvalue weighted by Crippen LogP contribution is 2.34. The number of nitrogens with zero attached hydrogens (tertiary/aromatic N) is 2. The largest absolute Gasteiger partial charge is 0.505 e. The van der Waals surface area contributed by atoms with Crippen molar-refractivity contribution in [2.24, 2.45) is 13.0 Å². The molecule has 25 heavy (non-hydrogen) atoms. The number of carbonyl (C=O) groups is 1. The Labute approximate surface area is 144 Å². The van der Waals surface area contributed by atoms with Crippen LogP contribution in [0.3, 0.4) is 0 Å². The number of pyridine rings is 1. The van der Waals surface area contributed by atoms with Gasteiger partial charge in [-0.05, 0) is 12.0 Å². The summed E-state index contributed by atoms with van der Waals surface area (Å²) in [6.45, 7) is 3.90. The van der Waals surface area contributed by atoms with Crippen molar-refractivity contribution in [1.29, 1.82) is 0 Å². The number of nitrogens with one attached hydrogen (secondary N) is 2. The Balaban J connectivity index is 1.99. The third-order valence-corrected chi connectivity index (χ3v) is 4.21. The number of rotatable bonds is 4. The van der Waals surface area contributed by atoms with Crippen molar-refractivity contribution in [3.8, 4) is 5.75 Å². The van der Waals surface area contributed by atoms with Gasteiger partial charge >= 0.3 is 0 Å². The summed E-state index contributed by atoms with van der Waals surface area (Å²) >= 11 is 0. The molecule has 2 heterocycles. The maximum absolute atomic E-state index is 12.6. The normalized spacial score (nSPS) is 12.5. The molecule has 0 aliphatic carbocycles. The van der Waals surface area contributed by atoms with E-state index in [2.05, 4.69) is 15.4 Å². The maximum Gasteiger partial charge on any atom is 0.270 e. The number of hydrogen-bond donors (Lipinski definition) is 3. The molecule has 130 valence electrons. The smallest absolute Gasteiger partial charge is 0.270 e. The Morgan fingerprint density at radius 3 is 2.72 bits per heavy atom. The van der Waals surface area contributed by atoms with Crippen molar-refractivity contribution in [2.75, 3.05) is 0 Å². The van der Waals surface area contributed by atoms with Crippen LogP contribution >= 0.6 is 0 Å². The zero-order valence-electron chi connectivity index (χ0n) is 14.3. The van der Waals surface area contributed by atoms with E-state index in [0.29, 0.717) is 11.1 Å². The van der Waals surface area contributed by atoms with Gasteiger partial charge in [-0.3, -0.25) is 24.4 Å². The molecule has 0 bridgehead atoms. The molecule has 3 aromatic rings. The van der Waals surface area contributed by atoms with E-state index in [1.54, 1.807) is 25.4 Å². The molecule has 3 N–H and O–H groups in total. The standard InChI is InChI=1S/C18H20N4O3/c1-10(2)15(20-18(25)13-9-14(23)21-22(13)3)12-7-6-11-5-4-8-19-16(11)17(12)24/h4-10,15,24H,1-3H3,(H,20,25)(H,21,23). The fourth-order valence-corrected chi connectivity index (χ4v) is 2.91. The van der Waals surface area contributed by atoms with Gasteiger partial charge in [0.2, 0.25) is 0 Å². The quantitative estimate of drug-likeness (QED) is 0.677. The van der Waals surface area contributed by atoms with Gasteiger partial charge in [0.25, 0.3) is 11.5 Å². The van der Waals surface area contributed by atoms with E-state index in [1.165, 1.54) is 10.7 Å². The first kappa shape index (κ1) is 16.8. The highest BCUT2D eigenvalue weighted by molar-refractivity contribution is 5.93. The summed E-state index contributed by atoms with van der Waals surface area (Å²) < 4.78 is 1.37. The number of amides is 1. The third-order valence-electron chi connectivity index (χ3n) is 4.21. The number of fused-ring (bicyclic) bond motifs is 1. The highest BCUT2D eigenvalue weighted by atomic mass is 16.3. The Kier molecular flexibility index (Phi) is 4.31. The summed E-state index contributed by atoms with van der Waals surface area (Å²) in [5.74, 6) is -0.313. The minimum absolute atomic E-state index is 0.0204. The molecule has 0 radical (unpaired) electrons. The molecule has 0 saturated carbocycles. The Bertz CT molecular complexity index is 987. The molecule has 1 amide bonds. The van der Waals surface area contributed by atoms with Crippen LogP contribution in [0.2, 0.25) is 0 Å². The van der Waals surface area contributed by atoms with Crippen molar-refractivity contribution in [1.82, 2.24) is 20.1 Å². The van der Waals surface area contributed by atoms with Crippen LogP contribution in [-0.4, -0.2) is 25.8 Å². The summed E-state index contributed by atoms with van der Waals surface area (Å²) in [6, 6.07) is 8.14. The molecule has 1 atom stereocenters. The van der Waals surface area contributed by atoms with Crippen molar-refractivity contribution >= 4 is 16.8 Å². The highest BCUT2D eigenvalue weighted by Gasteiger charge is 2.24. The molecule has 2 aromatic heterocycles. The lowest BCUT2D eigenvalue weighted by atomic mass is 9.94. The second kappa shape index (κ2) is 6.43. The SMILES string of the molecule is CC(C)C(NC(=O)c1cc(=O)[nH]n1C)c1ccc2cccnc2c1O. The first-order chi connectivity index (χ1) is 11.9. The fraction of sp³-hybridized carbons (Fsp3) is 0.278. The van der Waals surface area contributed by atoms with E-state index in [-0.39, 0.29) is 28.8 Å².